The molecule has 1 aliphatic heterocycles. The lowest BCUT2D eigenvalue weighted by molar-refractivity contribution is 0.0526. The number of nitrogens with zero attached hydrogens (tertiary/aromatic N) is 6. The van der Waals surface area contributed by atoms with Gasteiger partial charge in [0.25, 0.3) is 11.8 Å². The van der Waals surface area contributed by atoms with E-state index in [4.69, 9.17) is 29.9 Å². The summed E-state index contributed by atoms with van der Waals surface area (Å²) in [6.07, 6.45) is 8.60. The number of benzene rings is 6. The first-order valence-electron chi connectivity index (χ1n) is 29.2. The molecule has 0 spiro atoms. The van der Waals surface area contributed by atoms with Gasteiger partial charge in [0, 0.05) is 66.7 Å². The van der Waals surface area contributed by atoms with E-state index in [9.17, 15) is 19.5 Å². The van der Waals surface area contributed by atoms with Crippen LogP contribution in [-0.2, 0) is 24.0 Å². The van der Waals surface area contributed by atoms with Crippen molar-refractivity contribution in [3.05, 3.63) is 204 Å². The number of aromatic nitrogens is 6. The fourth-order valence-corrected chi connectivity index (χ4v) is 9.67. The zero-order valence-electron chi connectivity index (χ0n) is 48.3. The smallest absolute Gasteiger partial charge is 0.338 e. The first kappa shape index (κ1) is 59.8. The van der Waals surface area contributed by atoms with Crippen LogP contribution in [0.2, 0.25) is 0 Å². The number of carbonyl (C=O) groups is 3. The number of esters is 1. The summed E-state index contributed by atoms with van der Waals surface area (Å²) >= 11 is 0. The Labute approximate surface area is 504 Å². The highest BCUT2D eigenvalue weighted by molar-refractivity contribution is 5.96. The van der Waals surface area contributed by atoms with E-state index in [0.717, 1.165) is 41.8 Å². The molecule has 1 fully saturated rings. The van der Waals surface area contributed by atoms with E-state index in [0.29, 0.717) is 163 Å². The molecule has 1 aliphatic rings. The summed E-state index contributed by atoms with van der Waals surface area (Å²) in [5.41, 5.74) is 14.0. The largest absolute Gasteiger partial charge is 0.508 e. The van der Waals surface area contributed by atoms with Crippen LogP contribution >= 0.6 is 0 Å². The van der Waals surface area contributed by atoms with Crippen LogP contribution in [0.5, 0.6) is 28.7 Å². The molecule has 9 N–H and O–H groups in total. The molecule has 4 heterocycles. The predicted octanol–water partition coefficient (Wildman–Crippen LogP) is 9.91. The van der Waals surface area contributed by atoms with Crippen LogP contribution in [0, 0.1) is 5.92 Å². The number of ether oxygens (including phenoxy) is 3. The fraction of sp³-hybridized carbons (Fsp3) is 0.239. The average Bonchev–Trinajstić information content (AvgIpc) is 4.09. The number of hydrogen-bond donors (Lipinski definition) is 8. The molecule has 444 valence electrons. The van der Waals surface area contributed by atoms with E-state index >= 15 is 0 Å². The van der Waals surface area contributed by atoms with Gasteiger partial charge in [-0.1, -0.05) is 72.8 Å². The lowest BCUT2D eigenvalue weighted by Gasteiger charge is -2.15. The van der Waals surface area contributed by atoms with Gasteiger partial charge in [-0.05, 0) is 160 Å². The van der Waals surface area contributed by atoms with E-state index in [-0.39, 0.29) is 23.5 Å². The van der Waals surface area contributed by atoms with Crippen LogP contribution in [-0.4, -0.2) is 112 Å². The molecule has 87 heavy (non-hydrogen) atoms. The van der Waals surface area contributed by atoms with E-state index in [1.807, 2.05) is 97.1 Å². The van der Waals surface area contributed by atoms with Gasteiger partial charge in [0.1, 0.15) is 28.6 Å². The Morgan fingerprint density at radius 1 is 0.586 bits per heavy atom. The van der Waals surface area contributed by atoms with Gasteiger partial charge in [-0.15, -0.1) is 0 Å². The van der Waals surface area contributed by atoms with Gasteiger partial charge in [0.05, 0.1) is 30.3 Å². The lowest BCUT2D eigenvalue weighted by atomic mass is 10.1. The Kier molecular flexibility index (Phi) is 20.6. The molecule has 20 heteroatoms. The highest BCUT2D eigenvalue weighted by Crippen LogP contribution is 2.35. The Hall–Kier alpha value is -10.3. The normalized spacial score (nSPS) is 12.6. The number of aromatic hydroxyl groups is 1. The summed E-state index contributed by atoms with van der Waals surface area (Å²) in [7, 11) is 0. The highest BCUT2D eigenvalue weighted by Gasteiger charge is 2.20. The predicted molar refractivity (Wildman–Crippen MR) is 335 cm³/mol. The molecule has 6 aromatic carbocycles. The maximum absolute atomic E-state index is 13.5. The number of nitrogens with one attached hydrogen (secondary N) is 6. The number of hydrogen-bond acceptors (Lipinski definition) is 18. The summed E-state index contributed by atoms with van der Waals surface area (Å²) in [5.74, 6) is 3.02. The molecule has 0 radical (unpaired) electrons. The third kappa shape index (κ3) is 17.0. The molecule has 20 nitrogen and oxygen atoms in total. The monoisotopic (exact) mass is 1170 g/mol. The van der Waals surface area contributed by atoms with Crippen LogP contribution in [0.4, 0.5) is 17.8 Å². The summed E-state index contributed by atoms with van der Waals surface area (Å²) in [6.45, 7) is 7.01. The van der Waals surface area contributed by atoms with Crippen molar-refractivity contribution < 1.29 is 33.7 Å². The second kappa shape index (κ2) is 30.0. The molecular formula is C67H69N13O7. The molecule has 2 amide bonds. The van der Waals surface area contributed by atoms with Crippen molar-refractivity contribution in [1.82, 2.24) is 45.9 Å². The molecule has 1 unspecified atom stereocenters. The molecule has 10 rings (SSSR count). The zero-order valence-corrected chi connectivity index (χ0v) is 48.3. The number of rotatable bonds is 28. The fourth-order valence-electron chi connectivity index (χ4n) is 9.67. The molecule has 1 saturated heterocycles. The van der Waals surface area contributed by atoms with Crippen molar-refractivity contribution in [3.8, 4) is 62.5 Å². The number of carbonyl (C=O) groups excluding carboxylic acids is 3. The van der Waals surface area contributed by atoms with Crippen LogP contribution in [0.15, 0.2) is 170 Å². The Bertz CT molecular complexity index is 3770. The van der Waals surface area contributed by atoms with Crippen LogP contribution in [0.1, 0.15) is 67.5 Å². The van der Waals surface area contributed by atoms with Crippen LogP contribution in [0.25, 0.3) is 33.8 Å². The summed E-state index contributed by atoms with van der Waals surface area (Å²) in [4.78, 5) is 67.1. The molecule has 1 atom stereocenters. The third-order valence-corrected chi connectivity index (χ3v) is 14.3. The minimum Gasteiger partial charge on any atom is -0.508 e. The van der Waals surface area contributed by atoms with Gasteiger partial charge in [0.2, 0.25) is 17.8 Å². The van der Waals surface area contributed by atoms with Crippen molar-refractivity contribution in [2.45, 2.75) is 39.0 Å². The second-order valence-corrected chi connectivity index (χ2v) is 20.7. The SMILES string of the molecule is CCOC(=O)c1cccc(-c2ccnc(NCCc3ccc(Oc4cnc(NCCc5ccc(Oc6cnc(NCCc7ccc(O)cc7)nc6-c6cccc(C(=O)NCCCN)c6)cc5)nc4-c4cccc(C(=O)NCC5CCNC5)c4)cc3)n2)c1. The van der Waals surface area contributed by atoms with Gasteiger partial charge in [-0.3, -0.25) is 9.59 Å². The summed E-state index contributed by atoms with van der Waals surface area (Å²) in [6, 6.07) is 46.1. The van der Waals surface area contributed by atoms with Crippen molar-refractivity contribution in [3.63, 3.8) is 0 Å². The number of nitrogens with two attached hydrogens (primary N) is 1. The van der Waals surface area contributed by atoms with Crippen molar-refractivity contribution in [2.75, 3.05) is 74.9 Å². The van der Waals surface area contributed by atoms with E-state index < -0.39 is 0 Å². The Morgan fingerprint density at radius 3 is 1.62 bits per heavy atom. The first-order chi connectivity index (χ1) is 42.6. The molecule has 3 aromatic heterocycles. The number of anilines is 3. The van der Waals surface area contributed by atoms with Gasteiger partial charge in [-0.25, -0.2) is 34.7 Å². The molecule has 0 saturated carbocycles. The first-order valence-corrected chi connectivity index (χ1v) is 29.2. The number of phenols is 1. The number of phenolic OH excluding ortho intramolecular Hbond substituents is 1. The minimum atomic E-state index is -0.382. The Morgan fingerprint density at radius 2 is 1.09 bits per heavy atom. The van der Waals surface area contributed by atoms with Crippen LogP contribution in [0.3, 0.4) is 0 Å². The van der Waals surface area contributed by atoms with Gasteiger partial charge < -0.3 is 57.0 Å². The quantitative estimate of drug-likeness (QED) is 0.0167. The standard InChI is InChI=1S/C67H69N13O7/c1-2-85-64(84)53-12-3-7-48(37-53)57-29-36-74-65(78-57)71-33-27-45-15-21-55(22-16-45)87-59-43-77-67(80-61(59)50-9-5-11-52(39-50)63(83)75-41-47-25-32-69-40-47)73-35-28-46-17-23-56(24-18-46)86-58-42-76-66(72-34-26-44-13-19-54(81)20-14-44)79-60(58)49-8-4-10-51(38-49)62(82)70-31-6-30-68/h3-5,7-24,29,36-39,42-43,47,69,81H,2,6,25-28,30-35,40-41,68H2,1H3,(H,70,82)(H,75,83)(H,71,74,78)(H,72,76,79)(H,73,77,80). The van der Waals surface area contributed by atoms with Crippen LogP contribution < -0.4 is 47.1 Å². The second-order valence-electron chi connectivity index (χ2n) is 20.7. The maximum atomic E-state index is 13.5. The van der Waals surface area contributed by atoms with Gasteiger partial charge >= 0.3 is 5.97 Å². The van der Waals surface area contributed by atoms with E-state index in [1.165, 1.54) is 0 Å². The molecular weight excluding hydrogens is 1100 g/mol. The summed E-state index contributed by atoms with van der Waals surface area (Å²) < 4.78 is 18.1. The number of amides is 2. The molecule has 0 aliphatic carbocycles. The molecule has 9 aromatic rings. The zero-order chi connectivity index (χ0) is 60.2. The van der Waals surface area contributed by atoms with Crippen molar-refractivity contribution >= 4 is 35.6 Å². The van der Waals surface area contributed by atoms with E-state index in [1.54, 1.807) is 80.1 Å². The average molecular weight is 1170 g/mol. The topological polar surface area (TPSA) is 275 Å². The van der Waals surface area contributed by atoms with Gasteiger partial charge in [-0.2, -0.15) is 0 Å². The Balaban J connectivity index is 0.798. The van der Waals surface area contributed by atoms with Crippen molar-refractivity contribution in [2.24, 2.45) is 11.7 Å². The lowest BCUT2D eigenvalue weighted by Crippen LogP contribution is -2.30. The molecule has 0 bridgehead atoms. The van der Waals surface area contributed by atoms with Crippen molar-refractivity contribution in [1.29, 1.82) is 0 Å². The third-order valence-electron chi connectivity index (χ3n) is 14.3. The minimum absolute atomic E-state index is 0.163. The van der Waals surface area contributed by atoms with E-state index in [2.05, 4.69) is 51.8 Å². The maximum Gasteiger partial charge on any atom is 0.338 e. The summed E-state index contributed by atoms with van der Waals surface area (Å²) in [5, 5.41) is 29.1. The highest BCUT2D eigenvalue weighted by atomic mass is 16.5. The van der Waals surface area contributed by atoms with Gasteiger partial charge in [0.15, 0.2) is 11.5 Å².